The second-order valence-electron chi connectivity index (χ2n) is 3.32. The zero-order chi connectivity index (χ0) is 12.6. The van der Waals surface area contributed by atoms with Crippen LogP contribution >= 0.6 is 22.9 Å². The average Bonchev–Trinajstić information content (AvgIpc) is 2.68. The Labute approximate surface area is 106 Å². The van der Waals surface area contributed by atoms with E-state index in [1.807, 2.05) is 6.92 Å². The summed E-state index contributed by atoms with van der Waals surface area (Å²) in [5.41, 5.74) is 6.57. The maximum atomic E-state index is 10.9. The van der Waals surface area contributed by atoms with Gasteiger partial charge in [-0.15, -0.1) is 11.3 Å². The molecule has 0 saturated heterocycles. The van der Waals surface area contributed by atoms with Crippen LogP contribution in [0.25, 0.3) is 11.4 Å². The number of hydrogen-bond acceptors (Lipinski definition) is 5. The molecule has 0 aliphatic carbocycles. The largest absolute Gasteiger partial charge is 0.476 e. The van der Waals surface area contributed by atoms with Gasteiger partial charge in [-0.05, 0) is 13.0 Å². The van der Waals surface area contributed by atoms with Gasteiger partial charge in [-0.3, -0.25) is 0 Å². The van der Waals surface area contributed by atoms with Gasteiger partial charge in [-0.2, -0.15) is 0 Å². The van der Waals surface area contributed by atoms with Crippen LogP contribution in [-0.4, -0.2) is 21.0 Å². The Hall–Kier alpha value is -1.66. The Morgan fingerprint density at radius 3 is 2.71 bits per heavy atom. The highest BCUT2D eigenvalue weighted by Crippen LogP contribution is 2.28. The predicted octanol–water partition coefficient (Wildman–Crippen LogP) is 2.45. The molecular weight excluding hydrogens is 262 g/mol. The molecule has 2 aromatic heterocycles. The number of thiazole rings is 1. The number of nitrogens with zero attached hydrogens (tertiary/aromatic N) is 2. The molecule has 3 N–H and O–H groups in total. The van der Waals surface area contributed by atoms with Crippen LogP contribution in [0.1, 0.15) is 15.5 Å². The van der Waals surface area contributed by atoms with Crippen LogP contribution in [0.5, 0.6) is 0 Å². The van der Waals surface area contributed by atoms with Gasteiger partial charge < -0.3 is 10.8 Å². The van der Waals surface area contributed by atoms with Crippen molar-refractivity contribution in [1.82, 2.24) is 9.97 Å². The summed E-state index contributed by atoms with van der Waals surface area (Å²) >= 11 is 7.22. The lowest BCUT2D eigenvalue weighted by Crippen LogP contribution is -2.05. The molecule has 0 aliphatic rings. The number of anilines is 1. The highest BCUT2D eigenvalue weighted by atomic mass is 35.5. The van der Waals surface area contributed by atoms with E-state index in [9.17, 15) is 4.79 Å². The minimum absolute atomic E-state index is 0.0480. The van der Waals surface area contributed by atoms with Crippen LogP contribution in [0.3, 0.4) is 0 Å². The molecule has 0 aromatic carbocycles. The van der Waals surface area contributed by atoms with Gasteiger partial charge in [0.05, 0.1) is 27.1 Å². The van der Waals surface area contributed by atoms with Crippen molar-refractivity contribution in [1.29, 1.82) is 0 Å². The van der Waals surface area contributed by atoms with Gasteiger partial charge in [0, 0.05) is 5.38 Å². The number of aryl methyl sites for hydroxylation is 1. The van der Waals surface area contributed by atoms with E-state index in [-0.39, 0.29) is 16.4 Å². The number of rotatable bonds is 2. The first-order valence-electron chi connectivity index (χ1n) is 4.61. The summed E-state index contributed by atoms with van der Waals surface area (Å²) in [6, 6.07) is 1.52. The van der Waals surface area contributed by atoms with Gasteiger partial charge in [-0.25, -0.2) is 14.8 Å². The van der Waals surface area contributed by atoms with E-state index in [4.69, 9.17) is 22.4 Å². The zero-order valence-corrected chi connectivity index (χ0v) is 10.3. The number of aromatic carboxylic acids is 1. The molecule has 0 atom stereocenters. The topological polar surface area (TPSA) is 89.1 Å². The van der Waals surface area contributed by atoms with Gasteiger partial charge in [0.1, 0.15) is 0 Å². The van der Waals surface area contributed by atoms with Crippen LogP contribution in [0.4, 0.5) is 5.69 Å². The molecule has 0 fully saturated rings. The maximum absolute atomic E-state index is 10.9. The van der Waals surface area contributed by atoms with Crippen molar-refractivity contribution in [3.8, 4) is 11.4 Å². The molecule has 0 amide bonds. The van der Waals surface area contributed by atoms with Gasteiger partial charge >= 0.3 is 5.97 Å². The van der Waals surface area contributed by atoms with Crippen LogP contribution in [0, 0.1) is 6.92 Å². The standard InChI is InChI=1S/C10H8ClN3O2S/c1-4-13-7(3-17-4)6-2-5(12)8(11)9(14-6)10(15)16/h2-3H,1H3,(H2,12,14)(H,15,16). The van der Waals surface area contributed by atoms with Crippen LogP contribution in [0.15, 0.2) is 11.4 Å². The van der Waals surface area contributed by atoms with Crippen molar-refractivity contribution in [3.63, 3.8) is 0 Å². The Balaban J connectivity index is 2.60. The predicted molar refractivity (Wildman–Crippen MR) is 66.5 cm³/mol. The molecule has 7 heteroatoms. The fraction of sp³-hybridized carbons (Fsp3) is 0.100. The van der Waals surface area contributed by atoms with Gasteiger partial charge in [0.2, 0.25) is 0 Å². The Morgan fingerprint density at radius 2 is 2.18 bits per heavy atom. The zero-order valence-electron chi connectivity index (χ0n) is 8.77. The molecule has 2 heterocycles. The number of pyridine rings is 1. The third-order valence-corrected chi connectivity index (χ3v) is 3.24. The molecule has 5 nitrogen and oxygen atoms in total. The van der Waals surface area contributed by atoms with Crippen molar-refractivity contribution in [2.75, 3.05) is 5.73 Å². The lowest BCUT2D eigenvalue weighted by atomic mass is 10.2. The molecule has 88 valence electrons. The fourth-order valence-electron chi connectivity index (χ4n) is 1.30. The second-order valence-corrected chi connectivity index (χ2v) is 4.76. The smallest absolute Gasteiger partial charge is 0.356 e. The molecular formula is C10H8ClN3O2S. The Kier molecular flexibility index (Phi) is 2.99. The van der Waals surface area contributed by atoms with E-state index >= 15 is 0 Å². The molecule has 0 aliphatic heterocycles. The number of nitrogens with two attached hydrogens (primary N) is 1. The third-order valence-electron chi connectivity index (χ3n) is 2.07. The number of hydrogen-bond donors (Lipinski definition) is 2. The summed E-state index contributed by atoms with van der Waals surface area (Å²) in [5.74, 6) is -1.21. The quantitative estimate of drug-likeness (QED) is 0.874. The highest BCUT2D eigenvalue weighted by molar-refractivity contribution is 7.09. The molecule has 0 radical (unpaired) electrons. The summed E-state index contributed by atoms with van der Waals surface area (Å²) in [6.07, 6.45) is 0. The van der Waals surface area contributed by atoms with Crippen LogP contribution < -0.4 is 5.73 Å². The number of aromatic nitrogens is 2. The number of halogens is 1. The molecule has 0 bridgehead atoms. The molecule has 0 saturated carbocycles. The normalized spacial score (nSPS) is 10.5. The Bertz CT molecular complexity index is 597. The number of carboxylic acid groups (broad SMARTS) is 1. The maximum Gasteiger partial charge on any atom is 0.356 e. The summed E-state index contributed by atoms with van der Waals surface area (Å²) < 4.78 is 0. The van der Waals surface area contributed by atoms with Crippen LogP contribution in [0.2, 0.25) is 5.02 Å². The first kappa shape index (κ1) is 11.8. The minimum atomic E-state index is -1.21. The lowest BCUT2D eigenvalue weighted by Gasteiger charge is -2.04. The minimum Gasteiger partial charge on any atom is -0.476 e. The van der Waals surface area contributed by atoms with Crippen molar-refractivity contribution < 1.29 is 9.90 Å². The fourth-order valence-corrected chi connectivity index (χ4v) is 2.09. The average molecular weight is 270 g/mol. The van der Waals surface area contributed by atoms with Gasteiger partial charge in [0.25, 0.3) is 0 Å². The summed E-state index contributed by atoms with van der Waals surface area (Å²) in [4.78, 5) is 19.1. The molecule has 0 unspecified atom stereocenters. The Morgan fingerprint density at radius 1 is 1.47 bits per heavy atom. The number of carbonyl (C=O) groups is 1. The van der Waals surface area contributed by atoms with Gasteiger partial charge in [0.15, 0.2) is 5.69 Å². The van der Waals surface area contributed by atoms with Crippen LogP contribution in [-0.2, 0) is 0 Å². The first-order chi connectivity index (χ1) is 7.99. The van der Waals surface area contributed by atoms with Crippen molar-refractivity contribution in [3.05, 3.63) is 27.2 Å². The second kappa shape index (κ2) is 4.31. The molecule has 17 heavy (non-hydrogen) atoms. The number of nitrogen functional groups attached to an aromatic ring is 1. The van der Waals surface area contributed by atoms with Crippen molar-refractivity contribution >= 4 is 34.6 Å². The summed E-state index contributed by atoms with van der Waals surface area (Å²) in [6.45, 7) is 1.85. The van der Waals surface area contributed by atoms with E-state index in [0.717, 1.165) is 5.01 Å². The summed E-state index contributed by atoms with van der Waals surface area (Å²) in [5, 5.41) is 11.6. The summed E-state index contributed by atoms with van der Waals surface area (Å²) in [7, 11) is 0. The molecule has 2 rings (SSSR count). The van der Waals surface area contributed by atoms with E-state index < -0.39 is 5.97 Å². The monoisotopic (exact) mass is 269 g/mol. The SMILES string of the molecule is Cc1nc(-c2cc(N)c(Cl)c(C(=O)O)n2)cs1. The highest BCUT2D eigenvalue weighted by Gasteiger charge is 2.16. The first-order valence-corrected chi connectivity index (χ1v) is 5.86. The molecule has 2 aromatic rings. The number of carboxylic acids is 1. The van der Waals surface area contributed by atoms with E-state index in [1.54, 1.807) is 5.38 Å². The van der Waals surface area contributed by atoms with Crippen molar-refractivity contribution in [2.45, 2.75) is 6.92 Å². The van der Waals surface area contributed by atoms with E-state index in [1.165, 1.54) is 17.4 Å². The van der Waals surface area contributed by atoms with Gasteiger partial charge in [-0.1, -0.05) is 11.6 Å². The van der Waals surface area contributed by atoms with Crippen molar-refractivity contribution in [2.24, 2.45) is 0 Å². The van der Waals surface area contributed by atoms with E-state index in [0.29, 0.717) is 11.4 Å². The third kappa shape index (κ3) is 2.22. The van der Waals surface area contributed by atoms with E-state index in [2.05, 4.69) is 9.97 Å². The lowest BCUT2D eigenvalue weighted by molar-refractivity contribution is 0.0691. The molecule has 0 spiro atoms.